The lowest BCUT2D eigenvalue weighted by Gasteiger charge is -2.21. The Bertz CT molecular complexity index is 249. The first-order valence-electron chi connectivity index (χ1n) is 7.15. The fourth-order valence-electron chi connectivity index (χ4n) is 2.83. The highest BCUT2D eigenvalue weighted by Gasteiger charge is 2.21. The number of ether oxygens (including phenoxy) is 1. The number of hydrogen-bond donors (Lipinski definition) is 0. The predicted octanol–water partition coefficient (Wildman–Crippen LogP) is 2.59. The number of rotatable bonds is 3. The third-order valence-electron chi connectivity index (χ3n) is 4.07. The molecule has 0 unspecified atom stereocenters. The Kier molecular flexibility index (Phi) is 4.84. The molecule has 0 aromatic heterocycles. The topological polar surface area (TPSA) is 29.5 Å². The van der Waals surface area contributed by atoms with Crippen molar-refractivity contribution in [2.24, 2.45) is 5.92 Å². The summed E-state index contributed by atoms with van der Waals surface area (Å²) in [5.41, 5.74) is 0. The predicted molar refractivity (Wildman–Crippen MR) is 67.8 cm³/mol. The van der Waals surface area contributed by atoms with Gasteiger partial charge in [0.25, 0.3) is 0 Å². The van der Waals surface area contributed by atoms with Gasteiger partial charge in [0.2, 0.25) is 5.91 Å². The summed E-state index contributed by atoms with van der Waals surface area (Å²) in [6, 6.07) is 0. The zero-order valence-corrected chi connectivity index (χ0v) is 11.0. The minimum absolute atomic E-state index is 0.342. The standard InChI is InChI=1S/C14H25NO2/c1-12-4-2-9-15(10-8-12)14(16)7-6-13-5-3-11-17-13/h12-13H,2-11H2,1H3/t12-,13-/m0/s1. The third-order valence-corrected chi connectivity index (χ3v) is 4.07. The molecule has 98 valence electrons. The second-order valence-corrected chi connectivity index (χ2v) is 5.59. The minimum Gasteiger partial charge on any atom is -0.378 e. The van der Waals surface area contributed by atoms with E-state index in [1.165, 1.54) is 25.7 Å². The molecular formula is C14H25NO2. The van der Waals surface area contributed by atoms with E-state index in [0.717, 1.165) is 38.5 Å². The number of nitrogens with zero attached hydrogens (tertiary/aromatic N) is 1. The average molecular weight is 239 g/mol. The van der Waals surface area contributed by atoms with Gasteiger partial charge in [0, 0.05) is 26.1 Å². The van der Waals surface area contributed by atoms with Crippen LogP contribution in [0.15, 0.2) is 0 Å². The molecule has 0 spiro atoms. The molecule has 2 aliphatic rings. The summed E-state index contributed by atoms with van der Waals surface area (Å²) in [5, 5.41) is 0. The Morgan fingerprint density at radius 3 is 2.88 bits per heavy atom. The van der Waals surface area contributed by atoms with E-state index in [2.05, 4.69) is 11.8 Å². The maximum absolute atomic E-state index is 12.1. The van der Waals surface area contributed by atoms with Crippen LogP contribution in [0, 0.1) is 5.92 Å². The van der Waals surface area contributed by atoms with Crippen LogP contribution in [0.4, 0.5) is 0 Å². The van der Waals surface area contributed by atoms with E-state index >= 15 is 0 Å². The highest BCUT2D eigenvalue weighted by molar-refractivity contribution is 5.76. The van der Waals surface area contributed by atoms with E-state index in [1.807, 2.05) is 0 Å². The van der Waals surface area contributed by atoms with E-state index in [9.17, 15) is 4.79 Å². The Morgan fingerprint density at radius 2 is 2.12 bits per heavy atom. The van der Waals surface area contributed by atoms with Crippen molar-refractivity contribution in [1.82, 2.24) is 4.90 Å². The lowest BCUT2D eigenvalue weighted by molar-refractivity contribution is -0.131. The van der Waals surface area contributed by atoms with E-state index in [1.54, 1.807) is 0 Å². The summed E-state index contributed by atoms with van der Waals surface area (Å²) in [6.07, 6.45) is 7.88. The first kappa shape index (κ1) is 12.9. The molecule has 0 aliphatic carbocycles. The number of carbonyl (C=O) groups is 1. The van der Waals surface area contributed by atoms with Gasteiger partial charge in [0.05, 0.1) is 6.10 Å². The quantitative estimate of drug-likeness (QED) is 0.757. The molecule has 1 amide bonds. The summed E-state index contributed by atoms with van der Waals surface area (Å²) in [6.45, 7) is 5.11. The Labute approximate surface area is 105 Å². The molecule has 2 fully saturated rings. The lowest BCUT2D eigenvalue weighted by Crippen LogP contribution is -2.32. The second-order valence-electron chi connectivity index (χ2n) is 5.59. The molecule has 0 aromatic carbocycles. The molecule has 2 heterocycles. The first-order chi connectivity index (χ1) is 8.25. The van der Waals surface area contributed by atoms with Crippen LogP contribution in [0.3, 0.4) is 0 Å². The molecule has 2 atom stereocenters. The van der Waals surface area contributed by atoms with E-state index in [0.29, 0.717) is 18.4 Å². The summed E-state index contributed by atoms with van der Waals surface area (Å²) < 4.78 is 5.56. The van der Waals surface area contributed by atoms with E-state index < -0.39 is 0 Å². The van der Waals surface area contributed by atoms with Crippen molar-refractivity contribution in [2.45, 2.75) is 58.0 Å². The van der Waals surface area contributed by atoms with Crippen molar-refractivity contribution in [3.8, 4) is 0 Å². The molecular weight excluding hydrogens is 214 g/mol. The zero-order valence-electron chi connectivity index (χ0n) is 11.0. The molecule has 17 heavy (non-hydrogen) atoms. The van der Waals surface area contributed by atoms with Gasteiger partial charge < -0.3 is 9.64 Å². The summed E-state index contributed by atoms with van der Waals surface area (Å²) in [5.74, 6) is 1.13. The van der Waals surface area contributed by atoms with Gasteiger partial charge in [0.1, 0.15) is 0 Å². The van der Waals surface area contributed by atoms with Crippen LogP contribution in [-0.4, -0.2) is 36.6 Å². The first-order valence-corrected chi connectivity index (χ1v) is 7.15. The van der Waals surface area contributed by atoms with Crippen LogP contribution in [0.2, 0.25) is 0 Å². The number of hydrogen-bond acceptors (Lipinski definition) is 2. The smallest absolute Gasteiger partial charge is 0.222 e. The Morgan fingerprint density at radius 1 is 1.24 bits per heavy atom. The van der Waals surface area contributed by atoms with Gasteiger partial charge in [-0.25, -0.2) is 0 Å². The molecule has 2 saturated heterocycles. The van der Waals surface area contributed by atoms with Crippen molar-refractivity contribution in [3.63, 3.8) is 0 Å². The monoisotopic (exact) mass is 239 g/mol. The lowest BCUT2D eigenvalue weighted by atomic mass is 10.0. The summed E-state index contributed by atoms with van der Waals surface area (Å²) in [7, 11) is 0. The van der Waals surface area contributed by atoms with Gasteiger partial charge in [-0.2, -0.15) is 0 Å². The molecule has 3 nitrogen and oxygen atoms in total. The molecule has 2 rings (SSSR count). The van der Waals surface area contributed by atoms with Crippen molar-refractivity contribution >= 4 is 5.91 Å². The fourth-order valence-corrected chi connectivity index (χ4v) is 2.83. The average Bonchev–Trinajstić information content (AvgIpc) is 2.74. The third kappa shape index (κ3) is 3.98. The maximum Gasteiger partial charge on any atom is 0.222 e. The molecule has 0 N–H and O–H groups in total. The van der Waals surface area contributed by atoms with Gasteiger partial charge >= 0.3 is 0 Å². The Balaban J connectivity index is 1.70. The van der Waals surface area contributed by atoms with Crippen LogP contribution >= 0.6 is 0 Å². The highest BCUT2D eigenvalue weighted by Crippen LogP contribution is 2.20. The minimum atomic E-state index is 0.342. The summed E-state index contributed by atoms with van der Waals surface area (Å²) in [4.78, 5) is 14.2. The van der Waals surface area contributed by atoms with Gasteiger partial charge in [-0.3, -0.25) is 4.79 Å². The van der Waals surface area contributed by atoms with Gasteiger partial charge in [-0.15, -0.1) is 0 Å². The molecule has 0 saturated carbocycles. The molecule has 2 aliphatic heterocycles. The van der Waals surface area contributed by atoms with Crippen molar-refractivity contribution in [3.05, 3.63) is 0 Å². The maximum atomic E-state index is 12.1. The van der Waals surface area contributed by atoms with Crippen LogP contribution < -0.4 is 0 Å². The SMILES string of the molecule is C[C@H]1CCCN(C(=O)CC[C@@H]2CCCO2)CC1. The Hall–Kier alpha value is -0.570. The molecule has 0 radical (unpaired) electrons. The van der Waals surface area contributed by atoms with Crippen LogP contribution in [0.5, 0.6) is 0 Å². The fraction of sp³-hybridized carbons (Fsp3) is 0.929. The second kappa shape index (κ2) is 6.39. The van der Waals surface area contributed by atoms with Gasteiger partial charge in [-0.1, -0.05) is 6.92 Å². The number of carbonyl (C=O) groups excluding carboxylic acids is 1. The molecule has 0 bridgehead atoms. The van der Waals surface area contributed by atoms with Gasteiger partial charge in [-0.05, 0) is 44.4 Å². The van der Waals surface area contributed by atoms with Crippen LogP contribution in [0.1, 0.15) is 51.9 Å². The normalized spacial score (nSPS) is 30.3. The summed E-state index contributed by atoms with van der Waals surface area (Å²) >= 11 is 0. The van der Waals surface area contributed by atoms with Crippen LogP contribution in [0.25, 0.3) is 0 Å². The van der Waals surface area contributed by atoms with Crippen LogP contribution in [-0.2, 0) is 9.53 Å². The largest absolute Gasteiger partial charge is 0.378 e. The zero-order chi connectivity index (χ0) is 12.1. The van der Waals surface area contributed by atoms with Crippen molar-refractivity contribution < 1.29 is 9.53 Å². The number of amides is 1. The van der Waals surface area contributed by atoms with Crippen molar-refractivity contribution in [2.75, 3.05) is 19.7 Å². The van der Waals surface area contributed by atoms with Gasteiger partial charge in [0.15, 0.2) is 0 Å². The van der Waals surface area contributed by atoms with Crippen molar-refractivity contribution in [1.29, 1.82) is 0 Å². The van der Waals surface area contributed by atoms with E-state index in [-0.39, 0.29) is 0 Å². The van der Waals surface area contributed by atoms with E-state index in [4.69, 9.17) is 4.74 Å². The molecule has 3 heteroatoms. The highest BCUT2D eigenvalue weighted by atomic mass is 16.5. The molecule has 0 aromatic rings. The number of likely N-dealkylation sites (tertiary alicyclic amines) is 1.